The van der Waals surface area contributed by atoms with Crippen LogP contribution < -0.4 is 49.1 Å². The fourth-order valence-electron chi connectivity index (χ4n) is 7.02. The summed E-state index contributed by atoms with van der Waals surface area (Å²) in [6.07, 6.45) is 1.93. The van der Waals surface area contributed by atoms with Crippen molar-refractivity contribution in [3.63, 3.8) is 0 Å². The third kappa shape index (κ3) is 19.4. The van der Waals surface area contributed by atoms with Crippen LogP contribution in [-0.2, 0) is 54.4 Å². The molecule has 1 aromatic heterocycles. The van der Waals surface area contributed by atoms with Gasteiger partial charge in [0.1, 0.15) is 35.7 Å². The van der Waals surface area contributed by atoms with Crippen molar-refractivity contribution >= 4 is 110 Å². The Morgan fingerprint density at radius 1 is 0.855 bits per heavy atom. The van der Waals surface area contributed by atoms with Crippen LogP contribution in [0.3, 0.4) is 0 Å². The van der Waals surface area contributed by atoms with Crippen LogP contribution in [0, 0.1) is 0 Å². The number of unbranched alkanes of at least 4 members (excludes halogenated alkanes) is 1. The number of carboxylic acid groups (broad SMARTS) is 2. The Kier molecular flexibility index (Phi) is 23.4. The van der Waals surface area contributed by atoms with Crippen molar-refractivity contribution in [1.29, 1.82) is 0 Å². The highest BCUT2D eigenvalue weighted by Gasteiger charge is 2.40. The molecule has 1 fully saturated rings. The van der Waals surface area contributed by atoms with Crippen molar-refractivity contribution in [3.05, 3.63) is 36.0 Å². The number of nitrogens with two attached hydrogens (primary N) is 3. The number of guanidine groups is 1. The number of amides is 8. The van der Waals surface area contributed by atoms with Crippen molar-refractivity contribution in [2.75, 3.05) is 36.9 Å². The lowest BCUT2D eigenvalue weighted by molar-refractivity contribution is -0.143. The summed E-state index contributed by atoms with van der Waals surface area (Å²) in [5.41, 5.74) is 16.0. The van der Waals surface area contributed by atoms with Gasteiger partial charge < -0.3 is 69.2 Å². The molecule has 0 aliphatic carbocycles. The number of aliphatic imine (C=N–C) groups is 1. The first-order valence-corrected chi connectivity index (χ1v) is 25.0. The summed E-state index contributed by atoms with van der Waals surface area (Å²) in [5.74, 6) is -8.28. The molecule has 8 amide bonds. The second kappa shape index (κ2) is 28.3. The zero-order chi connectivity index (χ0) is 51.3. The molecule has 1 aromatic carbocycles. The number of likely N-dealkylation sites (tertiary alicyclic amines) is 1. The van der Waals surface area contributed by atoms with Gasteiger partial charge in [0, 0.05) is 60.3 Å². The molecule has 27 heteroatoms. The summed E-state index contributed by atoms with van der Waals surface area (Å²) in [7, 11) is 2.60. The number of H-pyrrole nitrogens is 1. The summed E-state index contributed by atoms with van der Waals surface area (Å²) in [4.78, 5) is 138. The lowest BCUT2D eigenvalue weighted by Crippen LogP contribution is -2.60. The molecule has 0 bridgehead atoms. The van der Waals surface area contributed by atoms with E-state index < -0.39 is 108 Å². The van der Waals surface area contributed by atoms with Gasteiger partial charge in [-0.1, -0.05) is 39.8 Å². The Bertz CT molecular complexity index is 2210. The van der Waals surface area contributed by atoms with Crippen LogP contribution in [0.25, 0.3) is 10.9 Å². The third-order valence-corrected chi connectivity index (χ3v) is 13.4. The van der Waals surface area contributed by atoms with E-state index in [1.54, 1.807) is 30.5 Å². The second-order valence-electron chi connectivity index (χ2n) is 16.4. The molecule has 2 aromatic rings. The highest BCUT2D eigenvalue weighted by Crippen LogP contribution is 2.24. The van der Waals surface area contributed by atoms with E-state index in [4.69, 9.17) is 22.3 Å². The van der Waals surface area contributed by atoms with Gasteiger partial charge >= 0.3 is 11.9 Å². The number of primary amides is 1. The molecule has 24 nitrogen and oxygen atoms in total. The van der Waals surface area contributed by atoms with E-state index >= 15 is 0 Å². The molecule has 1 saturated heterocycles. The molecule has 5 atom stereocenters. The SMILES string of the molecule is CC(C)(NC(=O)CCSSCCC(=O)O)C(=O)N[C@@H](CCCCN=C(N)N)C(=O)NCC(=O)N[C@@H](CC(=O)O)C(=O)N[C@@H](Cc1c[nH]c2ccccc12)C(=O)N1CCC[C@H]1C(=O)N[C@@H](CS)C(N)=O. The minimum Gasteiger partial charge on any atom is -0.481 e. The number of nitrogens with one attached hydrogen (secondary N) is 7. The standard InChI is InChI=1S/C42H62N12O12S3/c1-42(2,53-31(55)12-16-68-69-17-13-33(57)58)40(66)52-26(10-5-6-14-46-41(44)45)36(62)48-21-32(56)49-27(19-34(59)60)37(63)50-28(18-23-20-47-25-9-4-3-8-24(23)25)39(65)54-15-7-11-30(54)38(64)51-29(22-67)35(43)61/h3-4,8-9,20,26-30,47,67H,5-7,10-19,21-22H2,1-2H3,(H2,43,61)(H,48,62)(H,49,56)(H,50,63)(H,51,64)(H,52,66)(H,53,55)(H,57,58)(H,59,60)(H4,44,45,46)/t26-,27-,28-,29-,30-/m0/s1. The number of aromatic amines is 1. The third-order valence-electron chi connectivity index (χ3n) is 10.6. The summed E-state index contributed by atoms with van der Waals surface area (Å²) in [5, 5.41) is 34.3. The molecule has 0 saturated carbocycles. The van der Waals surface area contributed by atoms with Gasteiger partial charge in [0.05, 0.1) is 19.4 Å². The van der Waals surface area contributed by atoms with Crippen LogP contribution in [0.4, 0.5) is 0 Å². The maximum atomic E-state index is 14.4. The number of para-hydroxylation sites is 1. The Morgan fingerprint density at radius 3 is 2.20 bits per heavy atom. The largest absolute Gasteiger partial charge is 0.481 e. The molecule has 380 valence electrons. The van der Waals surface area contributed by atoms with E-state index in [0.29, 0.717) is 36.3 Å². The lowest BCUT2D eigenvalue weighted by atomic mass is 10.0. The number of rotatable bonds is 30. The zero-order valence-corrected chi connectivity index (χ0v) is 40.8. The zero-order valence-electron chi connectivity index (χ0n) is 38.2. The predicted molar refractivity (Wildman–Crippen MR) is 261 cm³/mol. The van der Waals surface area contributed by atoms with Gasteiger partial charge in [0.25, 0.3) is 0 Å². The number of hydrogen-bond donors (Lipinski definition) is 13. The number of hydrogen-bond acceptors (Lipinski definition) is 14. The van der Waals surface area contributed by atoms with Gasteiger partial charge in [0.2, 0.25) is 47.3 Å². The van der Waals surface area contributed by atoms with Gasteiger partial charge in [-0.25, -0.2) is 0 Å². The highest BCUT2D eigenvalue weighted by atomic mass is 33.1. The number of carbonyl (C=O) groups is 10. The van der Waals surface area contributed by atoms with E-state index in [1.807, 2.05) is 0 Å². The molecular weight excluding hydrogens is 961 g/mol. The number of aromatic nitrogens is 1. The minimum absolute atomic E-state index is 0.0157. The molecule has 0 spiro atoms. The topological polar surface area (TPSA) is 393 Å². The first-order chi connectivity index (χ1) is 32.6. The predicted octanol–water partition coefficient (Wildman–Crippen LogP) is -1.77. The van der Waals surface area contributed by atoms with E-state index in [1.165, 1.54) is 40.3 Å². The van der Waals surface area contributed by atoms with Crippen molar-refractivity contribution in [2.24, 2.45) is 22.2 Å². The van der Waals surface area contributed by atoms with Gasteiger partial charge in [-0.15, -0.1) is 0 Å². The average molecular weight is 1020 g/mol. The highest BCUT2D eigenvalue weighted by molar-refractivity contribution is 8.76. The lowest BCUT2D eigenvalue weighted by Gasteiger charge is -2.30. The molecule has 1 aliphatic heterocycles. The maximum Gasteiger partial charge on any atom is 0.305 e. The van der Waals surface area contributed by atoms with Crippen LogP contribution in [0.1, 0.15) is 70.8 Å². The molecular formula is C42H62N12O12S3. The quantitative estimate of drug-likeness (QED) is 0.0135. The first kappa shape index (κ1) is 57.1. The van der Waals surface area contributed by atoms with E-state index in [9.17, 15) is 53.1 Å². The summed E-state index contributed by atoms with van der Waals surface area (Å²) < 4.78 is 0. The normalized spacial score (nSPS) is 15.1. The number of carboxylic acids is 2. The number of nitrogens with zero attached hydrogens (tertiary/aromatic N) is 2. The summed E-state index contributed by atoms with van der Waals surface area (Å²) >= 11 is 4.07. The fourth-order valence-corrected chi connectivity index (χ4v) is 9.26. The van der Waals surface area contributed by atoms with Gasteiger partial charge in [-0.05, 0) is 57.6 Å². The fraction of sp³-hybridized carbons (Fsp3) is 0.548. The Labute approximate surface area is 411 Å². The van der Waals surface area contributed by atoms with Crippen molar-refractivity contribution in [3.8, 4) is 0 Å². The van der Waals surface area contributed by atoms with E-state index in [2.05, 4.69) is 54.5 Å². The molecule has 3 rings (SSSR count). The second-order valence-corrected chi connectivity index (χ2v) is 19.5. The van der Waals surface area contributed by atoms with Crippen molar-refractivity contribution in [1.82, 2.24) is 41.8 Å². The van der Waals surface area contributed by atoms with Crippen LogP contribution in [0.5, 0.6) is 0 Å². The Morgan fingerprint density at radius 2 is 1.55 bits per heavy atom. The molecule has 2 heterocycles. The molecule has 0 unspecified atom stereocenters. The van der Waals surface area contributed by atoms with Crippen LogP contribution in [0.2, 0.25) is 0 Å². The Hall–Kier alpha value is -6.22. The summed E-state index contributed by atoms with van der Waals surface area (Å²) in [6, 6.07) is 0.569. The smallest absolute Gasteiger partial charge is 0.305 e. The minimum atomic E-state index is -1.77. The van der Waals surface area contributed by atoms with Crippen molar-refractivity contribution in [2.45, 2.75) is 107 Å². The Balaban J connectivity index is 1.75. The van der Waals surface area contributed by atoms with E-state index in [0.717, 1.165) is 10.9 Å². The van der Waals surface area contributed by atoms with Crippen LogP contribution in [-0.4, -0.2) is 158 Å². The average Bonchev–Trinajstić information content (AvgIpc) is 3.94. The number of thiol groups is 1. The number of fused-ring (bicyclic) bond motifs is 1. The van der Waals surface area contributed by atoms with E-state index in [-0.39, 0.29) is 56.9 Å². The van der Waals surface area contributed by atoms with Gasteiger partial charge in [-0.3, -0.25) is 52.9 Å². The monoisotopic (exact) mass is 1020 g/mol. The maximum absolute atomic E-state index is 14.4. The van der Waals surface area contributed by atoms with Gasteiger partial charge in [0.15, 0.2) is 5.96 Å². The van der Waals surface area contributed by atoms with Crippen LogP contribution in [0.15, 0.2) is 35.5 Å². The van der Waals surface area contributed by atoms with Crippen molar-refractivity contribution < 1.29 is 58.2 Å². The first-order valence-electron chi connectivity index (χ1n) is 21.9. The van der Waals surface area contributed by atoms with Gasteiger partial charge in [-0.2, -0.15) is 12.6 Å². The number of benzene rings is 1. The number of aliphatic carboxylic acids is 2. The molecule has 0 radical (unpaired) electrons. The molecule has 1 aliphatic rings. The molecule has 15 N–H and O–H groups in total. The summed E-state index contributed by atoms with van der Waals surface area (Å²) in [6.45, 7) is 2.38. The molecule has 69 heavy (non-hydrogen) atoms. The van der Waals surface area contributed by atoms with Crippen LogP contribution >= 0.6 is 34.2 Å². The number of carbonyl (C=O) groups excluding carboxylic acids is 8.